The number of nitrogens with one attached hydrogen (secondary N) is 1. The third-order valence-electron chi connectivity index (χ3n) is 2.90. The Morgan fingerprint density at radius 1 is 1.44 bits per heavy atom. The van der Waals surface area contributed by atoms with Gasteiger partial charge in [0.15, 0.2) is 0 Å². The normalized spacial score (nSPS) is 21.6. The van der Waals surface area contributed by atoms with E-state index in [9.17, 15) is 0 Å². The van der Waals surface area contributed by atoms with Crippen LogP contribution in [0.1, 0.15) is 33.6 Å². The van der Waals surface area contributed by atoms with Crippen LogP contribution in [0, 0.1) is 11.3 Å². The molecule has 0 saturated carbocycles. The Morgan fingerprint density at radius 3 is 2.88 bits per heavy atom. The Kier molecular flexibility index (Phi) is 6.32. The van der Waals surface area contributed by atoms with Crippen LogP contribution in [0.4, 0.5) is 0 Å². The first kappa shape index (κ1) is 13.9. The zero-order valence-electron chi connectivity index (χ0n) is 11.1. The molecule has 1 atom stereocenters. The van der Waals surface area contributed by atoms with Gasteiger partial charge in [0.2, 0.25) is 0 Å². The van der Waals surface area contributed by atoms with Crippen molar-refractivity contribution in [2.45, 2.75) is 33.6 Å². The maximum Gasteiger partial charge on any atom is 0.0529 e. The minimum Gasteiger partial charge on any atom is -0.381 e. The minimum atomic E-state index is 0.231. The zero-order chi connectivity index (χ0) is 11.9. The molecule has 1 heterocycles. The summed E-state index contributed by atoms with van der Waals surface area (Å²) in [6, 6.07) is 0. The van der Waals surface area contributed by atoms with Crippen LogP contribution in [0.5, 0.6) is 0 Å². The SMILES string of the molecule is CCCNCC(C)(C)COCC1CCOC1. The van der Waals surface area contributed by atoms with Crippen molar-refractivity contribution in [2.75, 3.05) is 39.5 Å². The molecule has 1 saturated heterocycles. The van der Waals surface area contributed by atoms with Gasteiger partial charge in [-0.05, 0) is 19.4 Å². The highest BCUT2D eigenvalue weighted by molar-refractivity contribution is 4.71. The maximum absolute atomic E-state index is 5.79. The second-order valence-corrected chi connectivity index (χ2v) is 5.59. The first-order valence-corrected chi connectivity index (χ1v) is 6.50. The molecule has 0 amide bonds. The maximum atomic E-state index is 5.79. The van der Waals surface area contributed by atoms with E-state index < -0.39 is 0 Å². The van der Waals surface area contributed by atoms with Crippen LogP contribution in [-0.4, -0.2) is 39.5 Å². The fraction of sp³-hybridized carbons (Fsp3) is 1.00. The molecule has 0 spiro atoms. The topological polar surface area (TPSA) is 30.5 Å². The molecule has 1 aliphatic rings. The molecule has 1 unspecified atom stereocenters. The van der Waals surface area contributed by atoms with Gasteiger partial charge in [-0.2, -0.15) is 0 Å². The summed E-state index contributed by atoms with van der Waals surface area (Å²) < 4.78 is 11.1. The summed E-state index contributed by atoms with van der Waals surface area (Å²) >= 11 is 0. The number of ether oxygens (including phenoxy) is 2. The van der Waals surface area contributed by atoms with Gasteiger partial charge in [-0.15, -0.1) is 0 Å². The van der Waals surface area contributed by atoms with Crippen molar-refractivity contribution in [3.8, 4) is 0 Å². The molecule has 3 heteroatoms. The van der Waals surface area contributed by atoms with Crippen LogP contribution < -0.4 is 5.32 Å². The highest BCUT2D eigenvalue weighted by atomic mass is 16.5. The standard InChI is InChI=1S/C13H27NO2/c1-4-6-14-10-13(2,3)11-16-9-12-5-7-15-8-12/h12,14H,4-11H2,1-3H3. The smallest absolute Gasteiger partial charge is 0.0529 e. The second kappa shape index (κ2) is 7.25. The molecular formula is C13H27NO2. The average Bonchev–Trinajstić information content (AvgIpc) is 2.70. The Labute approximate surface area is 99.9 Å². The van der Waals surface area contributed by atoms with Crippen LogP contribution in [0.25, 0.3) is 0 Å². The first-order valence-electron chi connectivity index (χ1n) is 6.50. The Balaban J connectivity index is 2.04. The van der Waals surface area contributed by atoms with Crippen molar-refractivity contribution >= 4 is 0 Å². The second-order valence-electron chi connectivity index (χ2n) is 5.59. The van der Waals surface area contributed by atoms with Crippen molar-refractivity contribution in [1.82, 2.24) is 5.32 Å². The molecule has 0 aliphatic carbocycles. The summed E-state index contributed by atoms with van der Waals surface area (Å²) in [6.45, 7) is 12.3. The van der Waals surface area contributed by atoms with E-state index in [2.05, 4.69) is 26.1 Å². The quantitative estimate of drug-likeness (QED) is 0.646. The van der Waals surface area contributed by atoms with Crippen LogP contribution in [-0.2, 0) is 9.47 Å². The van der Waals surface area contributed by atoms with Crippen LogP contribution in [0.3, 0.4) is 0 Å². The van der Waals surface area contributed by atoms with Crippen molar-refractivity contribution < 1.29 is 9.47 Å². The molecule has 1 fully saturated rings. The third-order valence-corrected chi connectivity index (χ3v) is 2.90. The molecule has 0 aromatic carbocycles. The van der Waals surface area contributed by atoms with Gasteiger partial charge in [0.25, 0.3) is 0 Å². The lowest BCUT2D eigenvalue weighted by Crippen LogP contribution is -2.34. The lowest BCUT2D eigenvalue weighted by Gasteiger charge is -2.25. The van der Waals surface area contributed by atoms with E-state index in [0.717, 1.165) is 45.9 Å². The largest absolute Gasteiger partial charge is 0.381 e. The number of rotatable bonds is 8. The van der Waals surface area contributed by atoms with Crippen molar-refractivity contribution in [2.24, 2.45) is 11.3 Å². The summed E-state index contributed by atoms with van der Waals surface area (Å²) in [5.74, 6) is 0.624. The summed E-state index contributed by atoms with van der Waals surface area (Å²) in [7, 11) is 0. The van der Waals surface area contributed by atoms with Gasteiger partial charge >= 0.3 is 0 Å². The highest BCUT2D eigenvalue weighted by Gasteiger charge is 2.20. The summed E-state index contributed by atoms with van der Waals surface area (Å²) in [4.78, 5) is 0. The van der Waals surface area contributed by atoms with Crippen molar-refractivity contribution in [1.29, 1.82) is 0 Å². The van der Waals surface area contributed by atoms with E-state index in [0.29, 0.717) is 5.92 Å². The molecule has 3 nitrogen and oxygen atoms in total. The van der Waals surface area contributed by atoms with E-state index in [-0.39, 0.29) is 5.41 Å². The minimum absolute atomic E-state index is 0.231. The summed E-state index contributed by atoms with van der Waals surface area (Å²) in [6.07, 6.45) is 2.35. The van der Waals surface area contributed by atoms with Gasteiger partial charge < -0.3 is 14.8 Å². The molecule has 1 N–H and O–H groups in total. The Morgan fingerprint density at radius 2 is 2.25 bits per heavy atom. The lowest BCUT2D eigenvalue weighted by molar-refractivity contribution is 0.0372. The fourth-order valence-corrected chi connectivity index (χ4v) is 1.87. The predicted molar refractivity (Wildman–Crippen MR) is 66.7 cm³/mol. The van der Waals surface area contributed by atoms with E-state index in [4.69, 9.17) is 9.47 Å². The zero-order valence-corrected chi connectivity index (χ0v) is 11.1. The van der Waals surface area contributed by atoms with Gasteiger partial charge in [-0.3, -0.25) is 0 Å². The molecule has 0 bridgehead atoms. The van der Waals surface area contributed by atoms with Gasteiger partial charge in [-0.1, -0.05) is 20.8 Å². The van der Waals surface area contributed by atoms with E-state index in [1.165, 1.54) is 6.42 Å². The molecule has 1 aliphatic heterocycles. The summed E-state index contributed by atoms with van der Waals surface area (Å²) in [5.41, 5.74) is 0.231. The van der Waals surface area contributed by atoms with Gasteiger partial charge in [0.05, 0.1) is 19.8 Å². The van der Waals surface area contributed by atoms with Crippen molar-refractivity contribution in [3.63, 3.8) is 0 Å². The number of hydrogen-bond donors (Lipinski definition) is 1. The van der Waals surface area contributed by atoms with Gasteiger partial charge in [0, 0.05) is 24.5 Å². The van der Waals surface area contributed by atoms with E-state index >= 15 is 0 Å². The summed E-state index contributed by atoms with van der Waals surface area (Å²) in [5, 5.41) is 3.45. The fourth-order valence-electron chi connectivity index (χ4n) is 1.87. The van der Waals surface area contributed by atoms with E-state index in [1.54, 1.807) is 0 Å². The number of hydrogen-bond acceptors (Lipinski definition) is 3. The van der Waals surface area contributed by atoms with Crippen LogP contribution >= 0.6 is 0 Å². The molecule has 0 aromatic heterocycles. The highest BCUT2D eigenvalue weighted by Crippen LogP contribution is 2.17. The molecule has 0 aromatic rings. The average molecular weight is 229 g/mol. The molecule has 0 radical (unpaired) electrons. The Hall–Kier alpha value is -0.120. The van der Waals surface area contributed by atoms with Crippen molar-refractivity contribution in [3.05, 3.63) is 0 Å². The molecule has 16 heavy (non-hydrogen) atoms. The lowest BCUT2D eigenvalue weighted by atomic mass is 9.95. The van der Waals surface area contributed by atoms with Gasteiger partial charge in [-0.25, -0.2) is 0 Å². The van der Waals surface area contributed by atoms with Gasteiger partial charge in [0.1, 0.15) is 0 Å². The first-order chi connectivity index (χ1) is 7.64. The van der Waals surface area contributed by atoms with E-state index in [1.807, 2.05) is 0 Å². The Bertz CT molecular complexity index is 177. The molecule has 96 valence electrons. The van der Waals surface area contributed by atoms with Crippen LogP contribution in [0.2, 0.25) is 0 Å². The molecular weight excluding hydrogens is 202 g/mol. The monoisotopic (exact) mass is 229 g/mol. The molecule has 1 rings (SSSR count). The third kappa shape index (κ3) is 5.83. The predicted octanol–water partition coefficient (Wildman–Crippen LogP) is 2.07. The van der Waals surface area contributed by atoms with Crippen LogP contribution in [0.15, 0.2) is 0 Å².